The van der Waals surface area contributed by atoms with Crippen molar-refractivity contribution in [1.82, 2.24) is 10.2 Å². The summed E-state index contributed by atoms with van der Waals surface area (Å²) in [6, 6.07) is 17.4. The van der Waals surface area contributed by atoms with Crippen LogP contribution in [0.3, 0.4) is 0 Å². The van der Waals surface area contributed by atoms with Crippen LogP contribution in [0.1, 0.15) is 42.4 Å². The Morgan fingerprint density at radius 3 is 2.28 bits per heavy atom. The lowest BCUT2D eigenvalue weighted by molar-refractivity contribution is -0.384. The minimum absolute atomic E-state index is 0.0122. The molecule has 1 unspecified atom stereocenters. The van der Waals surface area contributed by atoms with Crippen molar-refractivity contribution in [3.63, 3.8) is 0 Å². The number of nitro benzene ring substituents is 1. The number of non-ortho nitro benzene ring substituents is 1. The summed E-state index contributed by atoms with van der Waals surface area (Å²) in [4.78, 5) is 40.2. The van der Waals surface area contributed by atoms with Gasteiger partial charge in [-0.3, -0.25) is 24.0 Å². The Hall–Kier alpha value is -4.32. The van der Waals surface area contributed by atoms with Gasteiger partial charge in [0.2, 0.25) is 21.8 Å². The first kappa shape index (κ1) is 31.6. The Kier molecular flexibility index (Phi) is 10.1. The normalized spacial score (nSPS) is 14.2. The number of hydrogen-bond acceptors (Lipinski definition) is 6. The van der Waals surface area contributed by atoms with Gasteiger partial charge in [0.05, 0.1) is 16.9 Å². The molecular formula is C31H35FN4O6S. The molecule has 0 heterocycles. The second-order valence-electron chi connectivity index (χ2n) is 10.8. The monoisotopic (exact) mass is 610 g/mol. The van der Waals surface area contributed by atoms with Crippen LogP contribution >= 0.6 is 0 Å². The van der Waals surface area contributed by atoms with Crippen molar-refractivity contribution in [3.05, 3.63) is 105 Å². The van der Waals surface area contributed by atoms with E-state index in [1.54, 1.807) is 6.92 Å². The average molecular weight is 611 g/mol. The van der Waals surface area contributed by atoms with Crippen molar-refractivity contribution in [2.75, 3.05) is 17.1 Å². The molecule has 0 bridgehead atoms. The number of halogens is 1. The predicted octanol–water partition coefficient (Wildman–Crippen LogP) is 4.51. The van der Waals surface area contributed by atoms with E-state index in [9.17, 15) is 32.5 Å². The van der Waals surface area contributed by atoms with E-state index in [2.05, 4.69) is 5.32 Å². The smallest absolute Gasteiger partial charge is 0.271 e. The Morgan fingerprint density at radius 1 is 1.02 bits per heavy atom. The number of aryl methyl sites for hydroxylation is 1. The van der Waals surface area contributed by atoms with E-state index < -0.39 is 39.3 Å². The van der Waals surface area contributed by atoms with Crippen molar-refractivity contribution in [2.24, 2.45) is 0 Å². The largest absolute Gasteiger partial charge is 0.352 e. The molecule has 3 aromatic rings. The van der Waals surface area contributed by atoms with Gasteiger partial charge in [-0.05, 0) is 48.6 Å². The summed E-state index contributed by atoms with van der Waals surface area (Å²) in [5, 5.41) is 14.5. The molecule has 4 rings (SSSR count). The van der Waals surface area contributed by atoms with E-state index in [0.717, 1.165) is 47.9 Å². The fourth-order valence-corrected chi connectivity index (χ4v) is 6.18. The maximum atomic E-state index is 14.2. The van der Waals surface area contributed by atoms with Gasteiger partial charge in [0.1, 0.15) is 18.4 Å². The van der Waals surface area contributed by atoms with E-state index in [1.165, 1.54) is 41.3 Å². The number of sulfonamides is 1. The van der Waals surface area contributed by atoms with Crippen molar-refractivity contribution >= 4 is 33.2 Å². The zero-order valence-electron chi connectivity index (χ0n) is 24.1. The van der Waals surface area contributed by atoms with E-state index in [0.29, 0.717) is 11.1 Å². The van der Waals surface area contributed by atoms with Crippen molar-refractivity contribution < 1.29 is 27.3 Å². The number of hydrogen-bond donors (Lipinski definition) is 1. The van der Waals surface area contributed by atoms with Crippen LogP contribution in [0.15, 0.2) is 72.8 Å². The summed E-state index contributed by atoms with van der Waals surface area (Å²) in [6.45, 7) is 0.787. The van der Waals surface area contributed by atoms with Crippen LogP contribution in [0.2, 0.25) is 0 Å². The molecule has 12 heteroatoms. The summed E-state index contributed by atoms with van der Waals surface area (Å²) in [6.07, 6.45) is 4.68. The number of nitrogens with zero attached hydrogens (tertiary/aromatic N) is 3. The molecule has 0 spiro atoms. The quantitative estimate of drug-likeness (QED) is 0.237. The summed E-state index contributed by atoms with van der Waals surface area (Å²) < 4.78 is 40.6. The highest BCUT2D eigenvalue weighted by Crippen LogP contribution is 2.28. The Bertz CT molecular complexity index is 1560. The molecule has 2 amide bonds. The molecule has 0 aromatic heterocycles. The zero-order chi connectivity index (χ0) is 31.1. The molecule has 3 aromatic carbocycles. The highest BCUT2D eigenvalue weighted by atomic mass is 32.2. The van der Waals surface area contributed by atoms with Crippen LogP contribution in [0.4, 0.5) is 15.8 Å². The van der Waals surface area contributed by atoms with Crippen molar-refractivity contribution in [1.29, 1.82) is 0 Å². The van der Waals surface area contributed by atoms with Crippen LogP contribution in [0.5, 0.6) is 0 Å². The zero-order valence-corrected chi connectivity index (χ0v) is 24.9. The molecule has 0 saturated heterocycles. The lowest BCUT2D eigenvalue weighted by Crippen LogP contribution is -2.54. The summed E-state index contributed by atoms with van der Waals surface area (Å²) in [7, 11) is -4.10. The highest BCUT2D eigenvalue weighted by Gasteiger charge is 2.34. The van der Waals surface area contributed by atoms with Gasteiger partial charge >= 0.3 is 0 Å². The van der Waals surface area contributed by atoms with E-state index in [4.69, 9.17) is 0 Å². The second kappa shape index (κ2) is 13.8. The topological polar surface area (TPSA) is 130 Å². The molecule has 1 N–H and O–H groups in total. The lowest BCUT2D eigenvalue weighted by Gasteiger charge is -2.34. The van der Waals surface area contributed by atoms with Gasteiger partial charge in [-0.25, -0.2) is 12.8 Å². The first-order valence-corrected chi connectivity index (χ1v) is 15.9. The molecule has 0 aliphatic heterocycles. The fraction of sp³-hybridized carbons (Fsp3) is 0.355. The molecular weight excluding hydrogens is 575 g/mol. The molecule has 43 heavy (non-hydrogen) atoms. The number of anilines is 1. The third-order valence-corrected chi connectivity index (χ3v) is 8.72. The van der Waals surface area contributed by atoms with Crippen LogP contribution in [0, 0.1) is 22.9 Å². The van der Waals surface area contributed by atoms with E-state index >= 15 is 0 Å². The maximum absolute atomic E-state index is 14.2. The van der Waals surface area contributed by atoms with Gasteiger partial charge < -0.3 is 10.2 Å². The van der Waals surface area contributed by atoms with Crippen LogP contribution in [-0.4, -0.2) is 54.9 Å². The number of amides is 2. The van der Waals surface area contributed by atoms with Gasteiger partial charge in [0.15, 0.2) is 0 Å². The van der Waals surface area contributed by atoms with Crippen molar-refractivity contribution in [3.8, 4) is 0 Å². The van der Waals surface area contributed by atoms with Gasteiger partial charge in [0, 0.05) is 31.1 Å². The molecule has 10 nitrogen and oxygen atoms in total. The second-order valence-corrected chi connectivity index (χ2v) is 12.7. The summed E-state index contributed by atoms with van der Waals surface area (Å²) >= 11 is 0. The summed E-state index contributed by atoms with van der Waals surface area (Å²) in [5.41, 5.74) is 1.40. The number of carbonyl (C=O) groups is 2. The van der Waals surface area contributed by atoms with Crippen LogP contribution in [-0.2, 0) is 32.6 Å². The third kappa shape index (κ3) is 8.38. The van der Waals surface area contributed by atoms with Gasteiger partial charge in [-0.1, -0.05) is 61.4 Å². The van der Waals surface area contributed by atoms with Crippen LogP contribution < -0.4 is 9.62 Å². The number of nitro groups is 1. The lowest BCUT2D eigenvalue weighted by atomic mass is 10.0. The highest BCUT2D eigenvalue weighted by molar-refractivity contribution is 7.92. The summed E-state index contributed by atoms with van der Waals surface area (Å²) in [5.74, 6) is -1.53. The number of nitrogens with one attached hydrogen (secondary N) is 1. The van der Waals surface area contributed by atoms with Crippen molar-refractivity contribution in [2.45, 2.75) is 57.7 Å². The molecule has 1 aliphatic carbocycles. The SMILES string of the molecule is Cc1ccc([N+](=O)[O-])cc1N(CC(=O)N(Cc1ccc(F)cc1)C(Cc1ccccc1)C(=O)NC1CCCC1)S(C)(=O)=O. The van der Waals surface area contributed by atoms with Gasteiger partial charge in [-0.2, -0.15) is 0 Å². The molecule has 228 valence electrons. The Balaban J connectivity index is 1.76. The first-order chi connectivity index (χ1) is 20.4. The molecule has 0 radical (unpaired) electrons. The minimum atomic E-state index is -4.10. The van der Waals surface area contributed by atoms with Gasteiger partial charge in [0.25, 0.3) is 5.69 Å². The molecule has 1 fully saturated rings. The van der Waals surface area contributed by atoms with E-state index in [-0.39, 0.29) is 36.3 Å². The number of carbonyl (C=O) groups excluding carboxylic acids is 2. The third-order valence-electron chi connectivity index (χ3n) is 7.59. The average Bonchev–Trinajstić information content (AvgIpc) is 3.48. The number of benzene rings is 3. The van der Waals surface area contributed by atoms with E-state index in [1.807, 2.05) is 30.3 Å². The van der Waals surface area contributed by atoms with Crippen LogP contribution in [0.25, 0.3) is 0 Å². The fourth-order valence-electron chi connectivity index (χ4n) is 5.28. The van der Waals surface area contributed by atoms with Gasteiger partial charge in [-0.15, -0.1) is 0 Å². The molecule has 1 saturated carbocycles. The first-order valence-electron chi connectivity index (χ1n) is 14.0. The Labute approximate surface area is 250 Å². The Morgan fingerprint density at radius 2 is 1.67 bits per heavy atom. The minimum Gasteiger partial charge on any atom is -0.352 e. The predicted molar refractivity (Wildman–Crippen MR) is 161 cm³/mol. The standard InChI is InChI=1S/C31H35FN4O6S/c1-22-12-17-27(36(39)40)19-28(22)35(43(2,41)42)21-30(37)34(20-24-13-15-25(32)16-14-24)29(18-23-8-4-3-5-9-23)31(38)33-26-10-6-7-11-26/h3-5,8-9,12-17,19,26,29H,6-7,10-11,18,20-21H2,1-2H3,(H,33,38). The number of rotatable bonds is 12. The maximum Gasteiger partial charge on any atom is 0.271 e. The molecule has 1 atom stereocenters. The molecule has 1 aliphatic rings.